The third-order valence-corrected chi connectivity index (χ3v) is 4.67. The third kappa shape index (κ3) is 4.95. The Labute approximate surface area is 161 Å². The molecule has 138 valence electrons. The number of rotatable bonds is 4. The first-order valence-electron chi connectivity index (χ1n) is 8.12. The molecule has 0 aromatic heterocycles. The molecule has 2 aromatic rings. The highest BCUT2D eigenvalue weighted by Gasteiger charge is 2.19. The molecule has 2 aromatic carbocycles. The molecule has 0 spiro atoms. The summed E-state index contributed by atoms with van der Waals surface area (Å²) in [5.74, 6) is 0.117. The topological polar surface area (TPSA) is 27.7 Å². The second kappa shape index (κ2) is 8.51. The van der Waals surface area contributed by atoms with E-state index in [1.807, 2.05) is 24.3 Å². The second-order valence-electron chi connectivity index (χ2n) is 5.79. The molecule has 0 radical (unpaired) electrons. The van der Waals surface area contributed by atoms with E-state index >= 15 is 0 Å². The molecule has 1 heterocycles. The highest BCUT2D eigenvalue weighted by Crippen LogP contribution is 2.22. The van der Waals surface area contributed by atoms with Crippen LogP contribution in [0.2, 0.25) is 5.02 Å². The van der Waals surface area contributed by atoms with Gasteiger partial charge >= 0.3 is 6.61 Å². The lowest BCUT2D eigenvalue weighted by Crippen LogP contribution is -2.50. The molecular formula is C18H18ClF2N3OS. The van der Waals surface area contributed by atoms with Crippen molar-refractivity contribution >= 4 is 40.3 Å². The van der Waals surface area contributed by atoms with Gasteiger partial charge in [-0.2, -0.15) is 8.78 Å². The molecule has 1 aliphatic heterocycles. The van der Waals surface area contributed by atoms with Gasteiger partial charge in [0.2, 0.25) is 0 Å². The second-order valence-corrected chi connectivity index (χ2v) is 6.61. The molecule has 0 aliphatic carbocycles. The normalized spacial score (nSPS) is 14.5. The lowest BCUT2D eigenvalue weighted by Gasteiger charge is -2.37. The smallest absolute Gasteiger partial charge is 0.387 e. The van der Waals surface area contributed by atoms with Crippen LogP contribution in [0.3, 0.4) is 0 Å². The molecule has 0 bridgehead atoms. The van der Waals surface area contributed by atoms with Crippen molar-refractivity contribution in [3.63, 3.8) is 0 Å². The Morgan fingerprint density at radius 2 is 1.77 bits per heavy atom. The van der Waals surface area contributed by atoms with Crippen molar-refractivity contribution in [3.05, 3.63) is 53.6 Å². The Balaban J connectivity index is 1.52. The van der Waals surface area contributed by atoms with Crippen molar-refractivity contribution in [1.29, 1.82) is 0 Å². The molecule has 1 aliphatic rings. The van der Waals surface area contributed by atoms with Gasteiger partial charge < -0.3 is 19.9 Å². The number of benzene rings is 2. The minimum absolute atomic E-state index is 0.117. The van der Waals surface area contributed by atoms with Gasteiger partial charge in [0.1, 0.15) is 5.75 Å². The zero-order valence-corrected chi connectivity index (χ0v) is 15.4. The van der Waals surface area contributed by atoms with Gasteiger partial charge in [-0.3, -0.25) is 0 Å². The molecule has 0 saturated carbocycles. The Hall–Kier alpha value is -2.12. The van der Waals surface area contributed by atoms with Gasteiger partial charge in [-0.05, 0) is 54.7 Å². The van der Waals surface area contributed by atoms with Crippen LogP contribution in [0, 0.1) is 0 Å². The number of hydrogen-bond donors (Lipinski definition) is 1. The number of anilines is 2. The molecule has 1 fully saturated rings. The predicted molar refractivity (Wildman–Crippen MR) is 105 cm³/mol. The lowest BCUT2D eigenvalue weighted by molar-refractivity contribution is -0.0498. The van der Waals surface area contributed by atoms with Crippen molar-refractivity contribution in [3.8, 4) is 5.75 Å². The highest BCUT2D eigenvalue weighted by atomic mass is 35.5. The van der Waals surface area contributed by atoms with Gasteiger partial charge in [0, 0.05) is 42.6 Å². The van der Waals surface area contributed by atoms with Crippen LogP contribution in [0.4, 0.5) is 20.2 Å². The summed E-state index contributed by atoms with van der Waals surface area (Å²) in [6, 6.07) is 14.1. The van der Waals surface area contributed by atoms with Crippen LogP contribution in [0.15, 0.2) is 48.5 Å². The Morgan fingerprint density at radius 1 is 1.08 bits per heavy atom. The molecule has 1 saturated heterocycles. The molecular weight excluding hydrogens is 380 g/mol. The summed E-state index contributed by atoms with van der Waals surface area (Å²) in [5.41, 5.74) is 1.83. The molecule has 0 amide bonds. The SMILES string of the molecule is FC(F)Oc1ccc(NC(=S)N2CCN(c3cccc(Cl)c3)CC2)cc1. The summed E-state index contributed by atoms with van der Waals surface area (Å²) in [7, 11) is 0. The summed E-state index contributed by atoms with van der Waals surface area (Å²) in [5, 5.41) is 4.46. The van der Waals surface area contributed by atoms with Crippen LogP contribution in [-0.4, -0.2) is 42.8 Å². The third-order valence-electron chi connectivity index (χ3n) is 4.07. The zero-order valence-electron chi connectivity index (χ0n) is 13.9. The van der Waals surface area contributed by atoms with Gasteiger partial charge in [0.05, 0.1) is 0 Å². The highest BCUT2D eigenvalue weighted by molar-refractivity contribution is 7.80. The quantitative estimate of drug-likeness (QED) is 0.769. The Morgan fingerprint density at radius 3 is 2.38 bits per heavy atom. The number of halogens is 3. The summed E-state index contributed by atoms with van der Waals surface area (Å²) in [6.07, 6.45) is 0. The Bertz CT molecular complexity index is 752. The number of ether oxygens (including phenoxy) is 1. The van der Waals surface area contributed by atoms with Crippen molar-refractivity contribution in [2.24, 2.45) is 0 Å². The van der Waals surface area contributed by atoms with E-state index in [1.54, 1.807) is 12.1 Å². The summed E-state index contributed by atoms with van der Waals surface area (Å²) in [4.78, 5) is 4.35. The van der Waals surface area contributed by atoms with Crippen LogP contribution in [0.25, 0.3) is 0 Å². The van der Waals surface area contributed by atoms with Gasteiger partial charge in [-0.25, -0.2) is 0 Å². The first-order valence-corrected chi connectivity index (χ1v) is 8.91. The average molecular weight is 398 g/mol. The maximum absolute atomic E-state index is 12.2. The minimum Gasteiger partial charge on any atom is -0.435 e. The fraction of sp³-hybridized carbons (Fsp3) is 0.278. The van der Waals surface area contributed by atoms with Crippen molar-refractivity contribution in [1.82, 2.24) is 4.90 Å². The summed E-state index contributed by atoms with van der Waals surface area (Å²) >= 11 is 11.5. The van der Waals surface area contributed by atoms with Crippen LogP contribution in [0.1, 0.15) is 0 Å². The zero-order chi connectivity index (χ0) is 18.5. The van der Waals surface area contributed by atoms with Crippen molar-refractivity contribution in [2.75, 3.05) is 36.4 Å². The van der Waals surface area contributed by atoms with Crippen molar-refractivity contribution < 1.29 is 13.5 Å². The molecule has 3 rings (SSSR count). The summed E-state index contributed by atoms with van der Waals surface area (Å²) in [6.45, 7) is 0.411. The van der Waals surface area contributed by atoms with E-state index in [1.165, 1.54) is 12.1 Å². The van der Waals surface area contributed by atoms with Crippen LogP contribution in [0.5, 0.6) is 5.75 Å². The number of piperazine rings is 1. The lowest BCUT2D eigenvalue weighted by atomic mass is 10.2. The average Bonchev–Trinajstić information content (AvgIpc) is 2.63. The predicted octanol–water partition coefficient (Wildman–Crippen LogP) is 4.46. The van der Waals surface area contributed by atoms with E-state index in [4.69, 9.17) is 23.8 Å². The fourth-order valence-electron chi connectivity index (χ4n) is 2.76. The standard InChI is InChI=1S/C18H18ClF2N3OS/c19-13-2-1-3-15(12-13)23-8-10-24(11-9-23)18(26)22-14-4-6-16(7-5-14)25-17(20)21/h1-7,12,17H,8-11H2,(H,22,26). The molecule has 4 nitrogen and oxygen atoms in total. The van der Waals surface area contributed by atoms with Gasteiger partial charge in [0.15, 0.2) is 5.11 Å². The first-order chi connectivity index (χ1) is 12.5. The largest absolute Gasteiger partial charge is 0.435 e. The maximum Gasteiger partial charge on any atom is 0.387 e. The number of nitrogens with zero attached hydrogens (tertiary/aromatic N) is 2. The fourth-order valence-corrected chi connectivity index (χ4v) is 3.25. The van der Waals surface area contributed by atoms with Gasteiger partial charge in [0.25, 0.3) is 0 Å². The number of hydrogen-bond acceptors (Lipinski definition) is 3. The molecule has 0 unspecified atom stereocenters. The number of nitrogens with one attached hydrogen (secondary N) is 1. The van der Waals surface area contributed by atoms with Gasteiger partial charge in [-0.15, -0.1) is 0 Å². The molecule has 0 atom stereocenters. The molecule has 26 heavy (non-hydrogen) atoms. The van der Waals surface area contributed by atoms with Crippen LogP contribution < -0.4 is 15.0 Å². The summed E-state index contributed by atoms with van der Waals surface area (Å²) < 4.78 is 28.7. The van der Waals surface area contributed by atoms with E-state index in [0.29, 0.717) is 5.11 Å². The number of thiocarbonyl (C=S) groups is 1. The monoisotopic (exact) mass is 397 g/mol. The van der Waals surface area contributed by atoms with E-state index < -0.39 is 6.61 Å². The van der Waals surface area contributed by atoms with Gasteiger partial charge in [-0.1, -0.05) is 17.7 Å². The maximum atomic E-state index is 12.2. The number of alkyl halides is 2. The van der Waals surface area contributed by atoms with Crippen molar-refractivity contribution in [2.45, 2.75) is 6.61 Å². The van der Waals surface area contributed by atoms with E-state index in [0.717, 1.165) is 42.6 Å². The minimum atomic E-state index is -2.83. The van der Waals surface area contributed by atoms with Crippen LogP contribution >= 0.6 is 23.8 Å². The van der Waals surface area contributed by atoms with E-state index in [2.05, 4.69) is 19.9 Å². The molecule has 8 heteroatoms. The Kier molecular flexibility index (Phi) is 6.11. The van der Waals surface area contributed by atoms with E-state index in [9.17, 15) is 8.78 Å². The first kappa shape index (κ1) is 18.7. The van der Waals surface area contributed by atoms with E-state index in [-0.39, 0.29) is 5.75 Å². The van der Waals surface area contributed by atoms with Crippen LogP contribution in [-0.2, 0) is 0 Å². The molecule has 1 N–H and O–H groups in total.